The van der Waals surface area contributed by atoms with E-state index < -0.39 is 0 Å². The van der Waals surface area contributed by atoms with E-state index in [-0.39, 0.29) is 0 Å². The highest BCUT2D eigenvalue weighted by atomic mass is 35.5. The van der Waals surface area contributed by atoms with Gasteiger partial charge in [-0.05, 0) is 42.2 Å². The molecule has 0 radical (unpaired) electrons. The monoisotopic (exact) mass is 385 g/mol. The zero-order chi connectivity index (χ0) is 17.6. The van der Waals surface area contributed by atoms with Gasteiger partial charge in [-0.1, -0.05) is 50.6 Å². The van der Waals surface area contributed by atoms with Crippen molar-refractivity contribution >= 4 is 54.6 Å². The number of benzene rings is 2. The van der Waals surface area contributed by atoms with E-state index in [0.29, 0.717) is 11.8 Å². The predicted molar refractivity (Wildman–Crippen MR) is 113 cm³/mol. The maximum Gasteiger partial charge on any atom is 0.0970 e. The van der Waals surface area contributed by atoms with Crippen LogP contribution in [0, 0.1) is 0 Å². The van der Waals surface area contributed by atoms with Crippen LogP contribution in [0.15, 0.2) is 42.5 Å². The van der Waals surface area contributed by atoms with E-state index in [0.717, 1.165) is 17.0 Å². The lowest BCUT2D eigenvalue weighted by Gasteiger charge is -2.08. The van der Waals surface area contributed by atoms with Crippen molar-refractivity contribution in [1.29, 1.82) is 0 Å². The van der Waals surface area contributed by atoms with Crippen LogP contribution >= 0.6 is 34.3 Å². The number of fused-ring (bicyclic) bond motifs is 2. The average molecular weight is 386 g/mol. The Balaban J connectivity index is 1.64. The number of hydrogen-bond donors (Lipinski definition) is 0. The Hall–Kier alpha value is -1.42. The van der Waals surface area contributed by atoms with Crippen molar-refractivity contribution in [3.05, 3.63) is 62.9 Å². The Morgan fingerprint density at radius 3 is 2.56 bits per heavy atom. The quantitative estimate of drug-likeness (QED) is 0.351. The molecule has 4 rings (SSSR count). The van der Waals surface area contributed by atoms with Crippen molar-refractivity contribution in [1.82, 2.24) is 4.98 Å². The Morgan fingerprint density at radius 1 is 1.00 bits per heavy atom. The molecule has 0 aliphatic rings. The highest BCUT2D eigenvalue weighted by Gasteiger charge is 2.16. The van der Waals surface area contributed by atoms with Gasteiger partial charge in [0.1, 0.15) is 0 Å². The zero-order valence-corrected chi connectivity index (χ0v) is 16.9. The Morgan fingerprint density at radius 2 is 1.80 bits per heavy atom. The maximum absolute atomic E-state index is 6.63. The number of halogens is 1. The molecule has 0 N–H and O–H groups in total. The van der Waals surface area contributed by atoms with Crippen molar-refractivity contribution in [3.8, 4) is 0 Å². The van der Waals surface area contributed by atoms with E-state index >= 15 is 0 Å². The number of para-hydroxylation sites is 1. The van der Waals surface area contributed by atoms with Gasteiger partial charge in [-0.2, -0.15) is 0 Å². The molecular formula is C21H20ClNS2. The van der Waals surface area contributed by atoms with E-state index in [1.54, 1.807) is 11.3 Å². The predicted octanol–water partition coefficient (Wildman–Crippen LogP) is 7.63. The third-order valence-electron chi connectivity index (χ3n) is 4.51. The van der Waals surface area contributed by atoms with Crippen molar-refractivity contribution in [2.24, 2.45) is 0 Å². The van der Waals surface area contributed by atoms with Gasteiger partial charge in [-0.25, -0.2) is 4.98 Å². The van der Waals surface area contributed by atoms with Crippen LogP contribution < -0.4 is 0 Å². The summed E-state index contributed by atoms with van der Waals surface area (Å²) < 4.78 is 2.55. The average Bonchev–Trinajstić information content (AvgIpc) is 3.17. The summed E-state index contributed by atoms with van der Waals surface area (Å²) in [7, 11) is 0. The Kier molecular flexibility index (Phi) is 4.57. The first-order valence-corrected chi connectivity index (χ1v) is 10.6. The molecule has 1 atom stereocenters. The second-order valence-corrected chi connectivity index (χ2v) is 9.41. The summed E-state index contributed by atoms with van der Waals surface area (Å²) in [6, 6.07) is 15.1. The lowest BCUT2D eigenvalue weighted by atomic mass is 10.0. The summed E-state index contributed by atoms with van der Waals surface area (Å²) in [5.41, 5.74) is 2.43. The second kappa shape index (κ2) is 6.71. The molecule has 0 aliphatic heterocycles. The molecule has 0 saturated carbocycles. The van der Waals surface area contributed by atoms with Crippen LogP contribution in [0.4, 0.5) is 0 Å². The van der Waals surface area contributed by atoms with Gasteiger partial charge < -0.3 is 0 Å². The molecule has 0 fully saturated rings. The molecule has 1 nitrogen and oxygen atoms in total. The van der Waals surface area contributed by atoms with Crippen LogP contribution in [0.2, 0.25) is 5.02 Å². The lowest BCUT2D eigenvalue weighted by Crippen LogP contribution is -1.97. The maximum atomic E-state index is 6.63. The summed E-state index contributed by atoms with van der Waals surface area (Å²) >= 11 is 10.3. The standard InChI is InChI=1S/C21H20ClNS2/c1-12(2)20-19(22)15-11-14(8-9-17(15)24-20)10-13(3)21-23-16-6-4-5-7-18(16)25-21/h4-9,11-13H,10H2,1-3H3. The molecule has 4 heteroatoms. The topological polar surface area (TPSA) is 12.9 Å². The molecule has 0 amide bonds. The fourth-order valence-electron chi connectivity index (χ4n) is 3.17. The van der Waals surface area contributed by atoms with Gasteiger partial charge in [0.05, 0.1) is 20.2 Å². The lowest BCUT2D eigenvalue weighted by molar-refractivity contribution is 0.754. The van der Waals surface area contributed by atoms with Gasteiger partial charge in [-0.15, -0.1) is 22.7 Å². The van der Waals surface area contributed by atoms with Crippen LogP contribution in [0.25, 0.3) is 20.3 Å². The highest BCUT2D eigenvalue weighted by Crippen LogP contribution is 2.40. The summed E-state index contributed by atoms with van der Waals surface area (Å²) in [4.78, 5) is 6.10. The molecule has 0 spiro atoms. The van der Waals surface area contributed by atoms with Gasteiger partial charge in [-0.3, -0.25) is 0 Å². The number of aromatic nitrogens is 1. The minimum atomic E-state index is 0.400. The first kappa shape index (κ1) is 17.0. The minimum Gasteiger partial charge on any atom is -0.241 e. The van der Waals surface area contributed by atoms with E-state index in [2.05, 4.69) is 63.2 Å². The van der Waals surface area contributed by atoms with E-state index in [1.165, 1.54) is 30.2 Å². The smallest absolute Gasteiger partial charge is 0.0970 e. The van der Waals surface area contributed by atoms with Crippen molar-refractivity contribution in [2.45, 2.75) is 39.0 Å². The number of rotatable bonds is 4. The fraction of sp³-hybridized carbons (Fsp3) is 0.286. The van der Waals surface area contributed by atoms with Crippen LogP contribution in [0.5, 0.6) is 0 Å². The molecule has 1 unspecified atom stereocenters. The zero-order valence-electron chi connectivity index (χ0n) is 14.5. The van der Waals surface area contributed by atoms with Gasteiger partial charge in [0.25, 0.3) is 0 Å². The number of thiazole rings is 1. The molecule has 0 aliphatic carbocycles. The number of hydrogen-bond acceptors (Lipinski definition) is 3. The number of thiophene rings is 1. The van der Waals surface area contributed by atoms with Gasteiger partial charge in [0, 0.05) is 20.9 Å². The molecule has 2 aromatic heterocycles. The molecule has 4 aromatic rings. The third-order valence-corrected chi connectivity index (χ3v) is 7.77. The summed E-state index contributed by atoms with van der Waals surface area (Å²) in [6.45, 7) is 6.66. The molecule has 0 bridgehead atoms. The van der Waals surface area contributed by atoms with Crippen LogP contribution in [0.1, 0.15) is 48.1 Å². The second-order valence-electron chi connectivity index (χ2n) is 6.89. The van der Waals surface area contributed by atoms with Gasteiger partial charge in [0.2, 0.25) is 0 Å². The summed E-state index contributed by atoms with van der Waals surface area (Å²) in [5, 5.41) is 3.34. The first-order valence-electron chi connectivity index (χ1n) is 8.59. The SMILES string of the molecule is CC(C)c1sc2ccc(CC(C)c3nc4ccccc4s3)cc2c1Cl. The van der Waals surface area contributed by atoms with Crippen molar-refractivity contribution < 1.29 is 0 Å². The van der Waals surface area contributed by atoms with Crippen LogP contribution in [-0.2, 0) is 6.42 Å². The van der Waals surface area contributed by atoms with E-state index in [1.807, 2.05) is 11.3 Å². The van der Waals surface area contributed by atoms with Gasteiger partial charge >= 0.3 is 0 Å². The molecule has 2 heterocycles. The Labute approximate surface area is 161 Å². The minimum absolute atomic E-state index is 0.400. The summed E-state index contributed by atoms with van der Waals surface area (Å²) in [6.07, 6.45) is 0.985. The molecule has 128 valence electrons. The fourth-order valence-corrected chi connectivity index (χ4v) is 5.82. The summed E-state index contributed by atoms with van der Waals surface area (Å²) in [5.74, 6) is 0.867. The molecule has 25 heavy (non-hydrogen) atoms. The normalized spacial score (nSPS) is 13.2. The van der Waals surface area contributed by atoms with E-state index in [4.69, 9.17) is 16.6 Å². The Bertz CT molecular complexity index is 1010. The number of nitrogens with zero attached hydrogens (tertiary/aromatic N) is 1. The van der Waals surface area contributed by atoms with Crippen molar-refractivity contribution in [2.75, 3.05) is 0 Å². The third kappa shape index (κ3) is 3.21. The van der Waals surface area contributed by atoms with Crippen LogP contribution in [-0.4, -0.2) is 4.98 Å². The largest absolute Gasteiger partial charge is 0.241 e. The molecule has 2 aromatic carbocycles. The molecular weight excluding hydrogens is 366 g/mol. The van der Waals surface area contributed by atoms with Gasteiger partial charge in [0.15, 0.2) is 0 Å². The highest BCUT2D eigenvalue weighted by molar-refractivity contribution is 7.20. The van der Waals surface area contributed by atoms with Crippen molar-refractivity contribution in [3.63, 3.8) is 0 Å². The van der Waals surface area contributed by atoms with Crippen LogP contribution in [0.3, 0.4) is 0 Å². The first-order chi connectivity index (χ1) is 12.0. The van der Waals surface area contributed by atoms with E-state index in [9.17, 15) is 0 Å². The molecule has 0 saturated heterocycles.